The van der Waals surface area contributed by atoms with E-state index in [9.17, 15) is 5.26 Å². The van der Waals surface area contributed by atoms with E-state index in [1.165, 1.54) is 16.8 Å². The molecule has 4 rings (SSSR count). The largest absolute Gasteiger partial charge is 0.225 e. The number of aryl methyl sites for hydroxylation is 1. The fourth-order valence-electron chi connectivity index (χ4n) is 3.27. The molecule has 0 spiro atoms. The van der Waals surface area contributed by atoms with Crippen LogP contribution in [0, 0.1) is 11.3 Å². The van der Waals surface area contributed by atoms with E-state index in [4.69, 9.17) is 11.6 Å². The van der Waals surface area contributed by atoms with E-state index in [0.29, 0.717) is 5.15 Å². The highest BCUT2D eigenvalue weighted by Crippen LogP contribution is 2.45. The number of halogens is 1. The lowest BCUT2D eigenvalue weighted by Gasteiger charge is -2.31. The number of nitrogens with zero attached hydrogens (tertiary/aromatic N) is 3. The number of nitriles is 1. The molecule has 0 saturated heterocycles. The molecule has 1 atom stereocenters. The smallest absolute Gasteiger partial charge is 0.141 e. The summed E-state index contributed by atoms with van der Waals surface area (Å²) < 4.78 is 0. The van der Waals surface area contributed by atoms with Crippen LogP contribution in [0.5, 0.6) is 0 Å². The molecule has 0 fully saturated rings. The van der Waals surface area contributed by atoms with Gasteiger partial charge in [0.05, 0.1) is 16.9 Å². The zero-order valence-corrected chi connectivity index (χ0v) is 13.3. The van der Waals surface area contributed by atoms with E-state index in [2.05, 4.69) is 16.0 Å². The molecule has 0 bridgehead atoms. The molecule has 1 aliphatic rings. The van der Waals surface area contributed by atoms with Gasteiger partial charge in [-0.05, 0) is 24.0 Å². The Balaban J connectivity index is 1.86. The van der Waals surface area contributed by atoms with Gasteiger partial charge in [-0.15, -0.1) is 11.3 Å². The average Bonchev–Trinajstić information content (AvgIpc) is 2.94. The Hall–Kier alpha value is -1.96. The highest BCUT2D eigenvalue weighted by Gasteiger charge is 2.38. The first-order valence-corrected chi connectivity index (χ1v) is 8.30. The third kappa shape index (κ3) is 1.93. The van der Waals surface area contributed by atoms with Crippen LogP contribution < -0.4 is 0 Å². The van der Waals surface area contributed by atoms with Crippen molar-refractivity contribution in [3.8, 4) is 6.07 Å². The first-order chi connectivity index (χ1) is 10.7. The number of hydrogen-bond donors (Lipinski definition) is 0. The van der Waals surface area contributed by atoms with E-state index in [0.717, 1.165) is 35.0 Å². The lowest BCUT2D eigenvalue weighted by molar-refractivity contribution is 0.480. The molecule has 0 amide bonds. The molecule has 1 aliphatic carbocycles. The predicted molar refractivity (Wildman–Crippen MR) is 88.2 cm³/mol. The summed E-state index contributed by atoms with van der Waals surface area (Å²) in [6, 6.07) is 12.6. The van der Waals surface area contributed by atoms with Crippen molar-refractivity contribution in [3.63, 3.8) is 0 Å². The van der Waals surface area contributed by atoms with Crippen molar-refractivity contribution in [2.45, 2.75) is 24.7 Å². The number of aromatic nitrogens is 2. The summed E-state index contributed by atoms with van der Waals surface area (Å²) in [6.45, 7) is 0. The second-order valence-corrected chi connectivity index (χ2v) is 7.03. The highest BCUT2D eigenvalue weighted by atomic mass is 35.5. The highest BCUT2D eigenvalue weighted by molar-refractivity contribution is 7.19. The minimum absolute atomic E-state index is 0.449. The van der Waals surface area contributed by atoms with E-state index in [1.54, 1.807) is 11.3 Å². The minimum atomic E-state index is -0.449. The molecule has 0 saturated carbocycles. The molecule has 3 nitrogen and oxygen atoms in total. The lowest BCUT2D eigenvalue weighted by Crippen LogP contribution is -2.31. The van der Waals surface area contributed by atoms with Crippen molar-refractivity contribution in [2.75, 3.05) is 0 Å². The van der Waals surface area contributed by atoms with Crippen LogP contribution >= 0.6 is 22.9 Å². The molecule has 2 heterocycles. The summed E-state index contributed by atoms with van der Waals surface area (Å²) in [4.78, 5) is 10.6. The molecular formula is C17H12ClN3S. The Bertz CT molecular complexity index is 897. The Morgan fingerprint density at radius 2 is 2.05 bits per heavy atom. The van der Waals surface area contributed by atoms with Gasteiger partial charge in [0.2, 0.25) is 0 Å². The molecule has 0 radical (unpaired) electrons. The van der Waals surface area contributed by atoms with Crippen LogP contribution in [0.4, 0.5) is 0 Å². The van der Waals surface area contributed by atoms with Gasteiger partial charge in [-0.25, -0.2) is 9.97 Å². The second-order valence-electron chi connectivity index (χ2n) is 5.59. The first kappa shape index (κ1) is 13.7. The summed E-state index contributed by atoms with van der Waals surface area (Å²) in [5.74, 6) is 0. The fraction of sp³-hybridized carbons (Fsp3) is 0.235. The molecule has 108 valence electrons. The van der Waals surface area contributed by atoms with Crippen molar-refractivity contribution in [3.05, 3.63) is 57.8 Å². The molecule has 1 aromatic carbocycles. The van der Waals surface area contributed by atoms with Crippen LogP contribution in [0.3, 0.4) is 0 Å². The zero-order chi connectivity index (χ0) is 15.2. The van der Waals surface area contributed by atoms with Crippen LogP contribution in [-0.4, -0.2) is 9.97 Å². The molecule has 0 N–H and O–H groups in total. The summed E-state index contributed by atoms with van der Waals surface area (Å²) in [7, 11) is 0. The van der Waals surface area contributed by atoms with Gasteiger partial charge >= 0.3 is 0 Å². The Morgan fingerprint density at radius 1 is 1.23 bits per heavy atom. The van der Waals surface area contributed by atoms with Gasteiger partial charge in [-0.1, -0.05) is 41.9 Å². The Morgan fingerprint density at radius 3 is 2.82 bits per heavy atom. The minimum Gasteiger partial charge on any atom is -0.225 e. The maximum atomic E-state index is 9.85. The van der Waals surface area contributed by atoms with Crippen LogP contribution in [0.15, 0.2) is 36.7 Å². The van der Waals surface area contributed by atoms with Gasteiger partial charge in [0.15, 0.2) is 0 Å². The molecule has 0 aliphatic heterocycles. The van der Waals surface area contributed by atoms with Gasteiger partial charge < -0.3 is 0 Å². The zero-order valence-electron chi connectivity index (χ0n) is 11.7. The van der Waals surface area contributed by atoms with Crippen molar-refractivity contribution < 1.29 is 0 Å². The third-order valence-electron chi connectivity index (χ3n) is 4.43. The van der Waals surface area contributed by atoms with Crippen molar-refractivity contribution >= 4 is 33.2 Å². The first-order valence-electron chi connectivity index (χ1n) is 7.11. The van der Waals surface area contributed by atoms with Crippen molar-refractivity contribution in [1.29, 1.82) is 5.26 Å². The van der Waals surface area contributed by atoms with Crippen molar-refractivity contribution in [1.82, 2.24) is 9.97 Å². The van der Waals surface area contributed by atoms with E-state index >= 15 is 0 Å². The van der Waals surface area contributed by atoms with E-state index in [1.807, 2.05) is 30.3 Å². The maximum Gasteiger partial charge on any atom is 0.141 e. The predicted octanol–water partition coefficient (Wildman–Crippen LogP) is 4.29. The van der Waals surface area contributed by atoms with Crippen LogP contribution in [-0.2, 0) is 18.3 Å². The third-order valence-corrected chi connectivity index (χ3v) is 5.86. The average molecular weight is 326 g/mol. The topological polar surface area (TPSA) is 49.6 Å². The molecule has 0 unspecified atom stereocenters. The second kappa shape index (κ2) is 5.05. The lowest BCUT2D eigenvalue weighted by atomic mass is 9.70. The Kier molecular flexibility index (Phi) is 3.14. The molecule has 3 aromatic rings. The fourth-order valence-corrected chi connectivity index (χ4v) is 4.87. The maximum absolute atomic E-state index is 9.85. The van der Waals surface area contributed by atoms with Gasteiger partial charge in [-0.2, -0.15) is 5.26 Å². The Labute approximate surface area is 137 Å². The summed E-state index contributed by atoms with van der Waals surface area (Å²) in [5, 5.41) is 11.3. The van der Waals surface area contributed by atoms with Crippen LogP contribution in [0.2, 0.25) is 5.15 Å². The SMILES string of the molecule is N#C[C@@]1(c2ccccc2)CCc2c(sc3ncnc(Cl)c23)C1. The van der Waals surface area contributed by atoms with Gasteiger partial charge in [-0.3, -0.25) is 0 Å². The number of benzene rings is 1. The monoisotopic (exact) mass is 325 g/mol. The number of rotatable bonds is 1. The standard InChI is InChI=1S/C17H12ClN3S/c18-15-14-12-6-7-17(9-19,11-4-2-1-3-5-11)8-13(12)22-16(14)21-10-20-15/h1-5,10H,6-8H2/t17-/m1/s1. The van der Waals surface area contributed by atoms with E-state index < -0.39 is 5.41 Å². The van der Waals surface area contributed by atoms with Gasteiger partial charge in [0.1, 0.15) is 16.3 Å². The molecule has 5 heteroatoms. The van der Waals surface area contributed by atoms with Gasteiger partial charge in [0.25, 0.3) is 0 Å². The normalized spacial score (nSPS) is 20.5. The van der Waals surface area contributed by atoms with Crippen LogP contribution in [0.1, 0.15) is 22.4 Å². The van der Waals surface area contributed by atoms with E-state index in [-0.39, 0.29) is 0 Å². The van der Waals surface area contributed by atoms with Crippen molar-refractivity contribution in [2.24, 2.45) is 0 Å². The summed E-state index contributed by atoms with van der Waals surface area (Å²) in [5.41, 5.74) is 1.87. The van der Waals surface area contributed by atoms with Crippen LogP contribution in [0.25, 0.3) is 10.2 Å². The quantitative estimate of drug-likeness (QED) is 0.627. The molecular weight excluding hydrogens is 314 g/mol. The molecule has 2 aromatic heterocycles. The van der Waals surface area contributed by atoms with Gasteiger partial charge in [0, 0.05) is 11.3 Å². The summed E-state index contributed by atoms with van der Waals surface area (Å²) in [6.07, 6.45) is 3.87. The number of thiophene rings is 1. The molecule has 22 heavy (non-hydrogen) atoms. The number of fused-ring (bicyclic) bond motifs is 3. The summed E-state index contributed by atoms with van der Waals surface area (Å²) >= 11 is 7.89. The number of hydrogen-bond acceptors (Lipinski definition) is 4.